The van der Waals surface area contributed by atoms with Crippen molar-refractivity contribution in [3.63, 3.8) is 0 Å². The Morgan fingerprint density at radius 1 is 1.19 bits per heavy atom. The van der Waals surface area contributed by atoms with Gasteiger partial charge in [-0.1, -0.05) is 63.3 Å². The van der Waals surface area contributed by atoms with Crippen LogP contribution in [0.1, 0.15) is 38.7 Å². The molecule has 0 aliphatic carbocycles. The summed E-state index contributed by atoms with van der Waals surface area (Å²) < 4.78 is 6.76. The first-order valence-corrected chi connectivity index (χ1v) is 12.3. The molecule has 0 radical (unpaired) electrons. The molecule has 1 saturated heterocycles. The van der Waals surface area contributed by atoms with Crippen LogP contribution in [0, 0.1) is 0 Å². The molecular formula is C22H33NO2Si. The van der Waals surface area contributed by atoms with Crippen molar-refractivity contribution >= 4 is 14.2 Å². The van der Waals surface area contributed by atoms with Crippen LogP contribution in [-0.4, -0.2) is 37.8 Å². The summed E-state index contributed by atoms with van der Waals surface area (Å²) in [7, 11) is -1.97. The summed E-state index contributed by atoms with van der Waals surface area (Å²) in [4.78, 5) is 14.8. The SMILES string of the molecule is C=CCC(O[Si](C)(C)C(C)(C)C)[C@@H]1[C@@H](c2ccccc2)C(=O)N1CC=C. The van der Waals surface area contributed by atoms with Crippen LogP contribution < -0.4 is 0 Å². The molecule has 3 nitrogen and oxygen atoms in total. The van der Waals surface area contributed by atoms with E-state index < -0.39 is 8.32 Å². The molecule has 0 N–H and O–H groups in total. The first-order valence-electron chi connectivity index (χ1n) is 9.39. The number of amides is 1. The zero-order valence-electron chi connectivity index (χ0n) is 16.9. The van der Waals surface area contributed by atoms with Crippen LogP contribution in [0.4, 0.5) is 0 Å². The topological polar surface area (TPSA) is 29.5 Å². The quantitative estimate of drug-likeness (QED) is 0.360. The van der Waals surface area contributed by atoms with Gasteiger partial charge in [0, 0.05) is 6.54 Å². The lowest BCUT2D eigenvalue weighted by atomic mass is 9.78. The van der Waals surface area contributed by atoms with Crippen molar-refractivity contribution < 1.29 is 9.22 Å². The number of β-lactam (4-membered cyclic amide) rings is 1. The maximum absolute atomic E-state index is 12.8. The van der Waals surface area contributed by atoms with Gasteiger partial charge in [0.25, 0.3) is 0 Å². The van der Waals surface area contributed by atoms with E-state index in [-0.39, 0.29) is 29.0 Å². The van der Waals surface area contributed by atoms with Gasteiger partial charge in [0.1, 0.15) is 0 Å². The fourth-order valence-electron chi connectivity index (χ4n) is 3.31. The smallest absolute Gasteiger partial charge is 0.232 e. The maximum Gasteiger partial charge on any atom is 0.232 e. The second kappa shape index (κ2) is 7.93. The Balaban J connectivity index is 2.36. The van der Waals surface area contributed by atoms with Gasteiger partial charge >= 0.3 is 0 Å². The minimum absolute atomic E-state index is 0.0232. The zero-order valence-corrected chi connectivity index (χ0v) is 17.9. The molecule has 26 heavy (non-hydrogen) atoms. The highest BCUT2D eigenvalue weighted by Crippen LogP contribution is 2.43. The van der Waals surface area contributed by atoms with Crippen molar-refractivity contribution in [3.8, 4) is 0 Å². The molecule has 2 rings (SSSR count). The van der Waals surface area contributed by atoms with Gasteiger partial charge in [-0.25, -0.2) is 0 Å². The number of hydrogen-bond donors (Lipinski definition) is 0. The first kappa shape index (κ1) is 20.7. The second-order valence-electron chi connectivity index (χ2n) is 8.60. The summed E-state index contributed by atoms with van der Waals surface area (Å²) in [6.07, 6.45) is 4.40. The molecule has 1 aliphatic rings. The third-order valence-corrected chi connectivity index (χ3v) is 10.3. The van der Waals surface area contributed by atoms with Crippen LogP contribution in [-0.2, 0) is 9.22 Å². The highest BCUT2D eigenvalue weighted by Gasteiger charge is 2.53. The molecule has 0 spiro atoms. The summed E-state index contributed by atoms with van der Waals surface area (Å²) in [5.41, 5.74) is 1.07. The summed E-state index contributed by atoms with van der Waals surface area (Å²) in [6.45, 7) is 19.6. The Bertz CT molecular complexity index is 648. The van der Waals surface area contributed by atoms with E-state index in [1.165, 1.54) is 0 Å². The van der Waals surface area contributed by atoms with E-state index in [2.05, 4.69) is 47.0 Å². The van der Waals surface area contributed by atoms with Gasteiger partial charge in [0.2, 0.25) is 5.91 Å². The third-order valence-electron chi connectivity index (χ3n) is 5.77. The predicted molar refractivity (Wildman–Crippen MR) is 112 cm³/mol. The van der Waals surface area contributed by atoms with Crippen molar-refractivity contribution in [1.82, 2.24) is 4.90 Å². The Labute approximate surface area is 159 Å². The fraction of sp³-hybridized carbons (Fsp3) is 0.500. The molecule has 1 aliphatic heterocycles. The molecule has 1 aromatic carbocycles. The van der Waals surface area contributed by atoms with Gasteiger partial charge in [-0.15, -0.1) is 13.2 Å². The molecule has 1 aromatic rings. The zero-order chi connectivity index (χ0) is 19.5. The fourth-order valence-corrected chi connectivity index (χ4v) is 4.66. The molecule has 1 amide bonds. The Morgan fingerprint density at radius 2 is 1.81 bits per heavy atom. The highest BCUT2D eigenvalue weighted by molar-refractivity contribution is 6.74. The number of carbonyl (C=O) groups excluding carboxylic acids is 1. The number of carbonyl (C=O) groups is 1. The average Bonchev–Trinajstić information content (AvgIpc) is 2.56. The van der Waals surface area contributed by atoms with E-state index in [0.717, 1.165) is 12.0 Å². The van der Waals surface area contributed by atoms with Crippen molar-refractivity contribution in [2.75, 3.05) is 6.54 Å². The number of rotatable bonds is 8. The monoisotopic (exact) mass is 371 g/mol. The average molecular weight is 372 g/mol. The Kier molecular flexibility index (Phi) is 6.30. The summed E-state index contributed by atoms with van der Waals surface area (Å²) >= 11 is 0. The van der Waals surface area contributed by atoms with Crippen molar-refractivity contribution in [2.24, 2.45) is 0 Å². The lowest BCUT2D eigenvalue weighted by molar-refractivity contribution is -0.154. The van der Waals surface area contributed by atoms with Crippen LogP contribution in [0.25, 0.3) is 0 Å². The van der Waals surface area contributed by atoms with E-state index in [4.69, 9.17) is 4.43 Å². The molecule has 0 bridgehead atoms. The maximum atomic E-state index is 12.8. The minimum Gasteiger partial charge on any atom is -0.411 e. The Morgan fingerprint density at radius 3 is 2.31 bits per heavy atom. The van der Waals surface area contributed by atoms with Crippen LogP contribution in [0.5, 0.6) is 0 Å². The van der Waals surface area contributed by atoms with Crippen molar-refractivity contribution in [3.05, 3.63) is 61.2 Å². The number of likely N-dealkylation sites (tertiary alicyclic amines) is 1. The summed E-state index contributed by atoms with van der Waals surface area (Å²) in [5.74, 6) is 0.0138. The Hall–Kier alpha value is -1.65. The van der Waals surface area contributed by atoms with Crippen LogP contribution in [0.15, 0.2) is 55.6 Å². The predicted octanol–water partition coefficient (Wildman–Crippen LogP) is 5.13. The molecule has 3 atom stereocenters. The third kappa shape index (κ3) is 4.02. The molecule has 1 unspecified atom stereocenters. The first-order chi connectivity index (χ1) is 12.1. The standard InChI is InChI=1S/C22H33NO2Si/c1-8-13-18(25-26(6,7)22(3,4)5)20-19(17-14-11-10-12-15-17)21(24)23(20)16-9-2/h8-12,14-15,18-20H,1-2,13,16H2,3-7H3/t18?,19-,20-/m1/s1. The van der Waals surface area contributed by atoms with E-state index in [0.29, 0.717) is 6.54 Å². The van der Waals surface area contributed by atoms with E-state index in [9.17, 15) is 4.79 Å². The van der Waals surface area contributed by atoms with Gasteiger partial charge in [0.05, 0.1) is 18.1 Å². The number of nitrogens with zero attached hydrogens (tertiary/aromatic N) is 1. The molecule has 142 valence electrons. The van der Waals surface area contributed by atoms with Crippen LogP contribution in [0.2, 0.25) is 18.1 Å². The largest absolute Gasteiger partial charge is 0.411 e. The van der Waals surface area contributed by atoms with Crippen molar-refractivity contribution in [1.29, 1.82) is 0 Å². The van der Waals surface area contributed by atoms with Gasteiger partial charge in [-0.05, 0) is 30.1 Å². The summed E-state index contributed by atoms with van der Waals surface area (Å²) in [5, 5.41) is 0.117. The molecule has 4 heteroatoms. The van der Waals surface area contributed by atoms with Gasteiger partial charge in [-0.2, -0.15) is 0 Å². The van der Waals surface area contributed by atoms with Gasteiger partial charge in [-0.3, -0.25) is 4.79 Å². The normalized spacial score (nSPS) is 21.9. The van der Waals surface area contributed by atoms with Crippen LogP contribution >= 0.6 is 0 Å². The summed E-state index contributed by atoms with van der Waals surface area (Å²) in [6, 6.07) is 10.1. The number of benzene rings is 1. The molecule has 1 heterocycles. The van der Waals surface area contributed by atoms with Crippen LogP contribution in [0.3, 0.4) is 0 Å². The van der Waals surface area contributed by atoms with Crippen molar-refractivity contribution in [2.45, 2.75) is 63.4 Å². The van der Waals surface area contributed by atoms with E-state index in [1.54, 1.807) is 6.08 Å². The molecular weight excluding hydrogens is 338 g/mol. The lowest BCUT2D eigenvalue weighted by Gasteiger charge is -2.52. The van der Waals surface area contributed by atoms with Gasteiger partial charge < -0.3 is 9.33 Å². The molecule has 1 fully saturated rings. The van der Waals surface area contributed by atoms with E-state index in [1.807, 2.05) is 41.3 Å². The number of hydrogen-bond acceptors (Lipinski definition) is 2. The van der Waals surface area contributed by atoms with Gasteiger partial charge in [0.15, 0.2) is 8.32 Å². The highest BCUT2D eigenvalue weighted by atomic mass is 28.4. The van der Waals surface area contributed by atoms with E-state index >= 15 is 0 Å². The molecule has 0 aromatic heterocycles. The minimum atomic E-state index is -1.97. The lowest BCUT2D eigenvalue weighted by Crippen LogP contribution is -2.65. The second-order valence-corrected chi connectivity index (χ2v) is 13.4. The molecule has 0 saturated carbocycles.